The molecule has 5 aromatic rings. The van der Waals surface area contributed by atoms with Gasteiger partial charge in [0.2, 0.25) is 5.89 Å². The zero-order chi connectivity index (χ0) is 22.9. The summed E-state index contributed by atoms with van der Waals surface area (Å²) in [6, 6.07) is 22.3. The van der Waals surface area contributed by atoms with Gasteiger partial charge in [0.15, 0.2) is 11.3 Å². The highest BCUT2D eigenvalue weighted by Crippen LogP contribution is 2.31. The predicted molar refractivity (Wildman–Crippen MR) is 134 cm³/mol. The summed E-state index contributed by atoms with van der Waals surface area (Å²) in [6.45, 7) is 2.09. The molecule has 2 aromatic heterocycles. The third-order valence-corrected chi connectivity index (χ3v) is 6.14. The molecule has 0 spiro atoms. The minimum Gasteiger partial charge on any atom is -0.451 e. The zero-order valence-electron chi connectivity index (χ0n) is 17.6. The van der Waals surface area contributed by atoms with Crippen LogP contribution in [-0.4, -0.2) is 10.9 Å². The van der Waals surface area contributed by atoms with E-state index in [1.54, 1.807) is 24.3 Å². The van der Waals surface area contributed by atoms with Crippen LogP contribution in [0.25, 0.3) is 33.9 Å². The highest BCUT2D eigenvalue weighted by atomic mass is 79.9. The molecule has 0 bridgehead atoms. The van der Waals surface area contributed by atoms with E-state index in [2.05, 4.69) is 33.2 Å². The van der Waals surface area contributed by atoms with Gasteiger partial charge in [0.05, 0.1) is 10.7 Å². The Kier molecular flexibility index (Phi) is 5.79. The lowest BCUT2D eigenvalue weighted by Crippen LogP contribution is -2.11. The number of halogens is 2. The zero-order valence-corrected chi connectivity index (χ0v) is 19.9. The highest BCUT2D eigenvalue weighted by Gasteiger charge is 2.16. The summed E-state index contributed by atoms with van der Waals surface area (Å²) in [6.07, 6.45) is 0.922. The Morgan fingerprint density at radius 1 is 0.970 bits per heavy atom. The molecule has 164 valence electrons. The Bertz CT molecular complexity index is 1470. The quantitative estimate of drug-likeness (QED) is 0.254. The average molecular weight is 522 g/mol. The fraction of sp³-hybridized carbons (Fsp3) is 0.0769. The molecular weight excluding hydrogens is 504 g/mol. The molecule has 7 heteroatoms. The minimum atomic E-state index is -0.400. The van der Waals surface area contributed by atoms with E-state index in [9.17, 15) is 4.79 Å². The molecule has 0 saturated carbocycles. The molecule has 33 heavy (non-hydrogen) atoms. The molecule has 0 fully saturated rings. The van der Waals surface area contributed by atoms with Gasteiger partial charge in [-0.05, 0) is 66.6 Å². The number of oxazole rings is 1. The SMILES string of the molecule is CCc1ccc2oc(-c3ccc(Cl)c(NC(=O)c4ccc(-c5ccc(Br)cc5)o4)c3)nc2c1. The standard InChI is InChI=1S/C26H18BrClN2O3/c1-2-15-3-10-23-21(13-15)30-26(33-23)17-6-9-19(28)20(14-17)29-25(31)24-12-11-22(32-24)16-4-7-18(27)8-5-16/h3-14H,2H2,1H3,(H,29,31). The Labute approximate surface area is 203 Å². The average Bonchev–Trinajstić information content (AvgIpc) is 3.48. The number of nitrogens with one attached hydrogen (secondary N) is 1. The maximum absolute atomic E-state index is 12.8. The predicted octanol–water partition coefficient (Wildman–Crippen LogP) is 7.99. The van der Waals surface area contributed by atoms with Crippen molar-refractivity contribution in [2.24, 2.45) is 0 Å². The van der Waals surface area contributed by atoms with Gasteiger partial charge in [0, 0.05) is 15.6 Å². The Balaban J connectivity index is 1.40. The first-order valence-electron chi connectivity index (χ1n) is 10.4. The fourth-order valence-electron chi connectivity index (χ4n) is 3.48. The van der Waals surface area contributed by atoms with Crippen molar-refractivity contribution in [1.29, 1.82) is 0 Å². The van der Waals surface area contributed by atoms with E-state index in [1.165, 1.54) is 5.56 Å². The molecule has 1 amide bonds. The molecule has 5 nitrogen and oxygen atoms in total. The summed E-state index contributed by atoms with van der Waals surface area (Å²) in [7, 11) is 0. The van der Waals surface area contributed by atoms with Crippen LogP contribution in [0.2, 0.25) is 5.02 Å². The maximum Gasteiger partial charge on any atom is 0.291 e. The van der Waals surface area contributed by atoms with Crippen LogP contribution in [0.4, 0.5) is 5.69 Å². The molecule has 0 aliphatic carbocycles. The van der Waals surface area contributed by atoms with Gasteiger partial charge in [-0.15, -0.1) is 0 Å². The number of anilines is 1. The van der Waals surface area contributed by atoms with E-state index in [4.69, 9.17) is 20.4 Å². The minimum absolute atomic E-state index is 0.184. The maximum atomic E-state index is 12.8. The van der Waals surface area contributed by atoms with E-state index in [0.29, 0.717) is 33.5 Å². The number of rotatable bonds is 5. The molecule has 0 atom stereocenters. The lowest BCUT2D eigenvalue weighted by atomic mass is 10.1. The van der Waals surface area contributed by atoms with E-state index in [1.807, 2.05) is 48.5 Å². The largest absolute Gasteiger partial charge is 0.451 e. The van der Waals surface area contributed by atoms with E-state index in [-0.39, 0.29) is 5.76 Å². The normalized spacial score (nSPS) is 11.1. The van der Waals surface area contributed by atoms with Gasteiger partial charge < -0.3 is 14.2 Å². The topological polar surface area (TPSA) is 68.3 Å². The van der Waals surface area contributed by atoms with Crippen LogP contribution in [0.15, 0.2) is 86.1 Å². The van der Waals surface area contributed by atoms with Crippen LogP contribution in [0.1, 0.15) is 23.0 Å². The summed E-state index contributed by atoms with van der Waals surface area (Å²) in [4.78, 5) is 17.4. The summed E-state index contributed by atoms with van der Waals surface area (Å²) in [5, 5.41) is 3.22. The third kappa shape index (κ3) is 4.45. The molecule has 3 aromatic carbocycles. The number of benzene rings is 3. The molecule has 0 saturated heterocycles. The molecule has 0 unspecified atom stereocenters. The van der Waals surface area contributed by atoms with E-state index in [0.717, 1.165) is 22.0 Å². The van der Waals surface area contributed by atoms with Gasteiger partial charge in [0.1, 0.15) is 11.3 Å². The van der Waals surface area contributed by atoms with Crippen LogP contribution >= 0.6 is 27.5 Å². The summed E-state index contributed by atoms with van der Waals surface area (Å²) < 4.78 is 12.6. The molecule has 1 N–H and O–H groups in total. The van der Waals surface area contributed by atoms with Crippen molar-refractivity contribution in [1.82, 2.24) is 4.98 Å². The lowest BCUT2D eigenvalue weighted by molar-refractivity contribution is 0.0997. The lowest BCUT2D eigenvalue weighted by Gasteiger charge is -2.07. The second kappa shape index (κ2) is 8.89. The van der Waals surface area contributed by atoms with E-state index >= 15 is 0 Å². The number of aryl methyl sites for hydroxylation is 1. The van der Waals surface area contributed by atoms with Crippen molar-refractivity contribution in [3.05, 3.63) is 93.6 Å². The van der Waals surface area contributed by atoms with Crippen molar-refractivity contribution in [3.63, 3.8) is 0 Å². The molecule has 2 heterocycles. The summed E-state index contributed by atoms with van der Waals surface area (Å²) in [5.41, 5.74) is 4.71. The number of carbonyl (C=O) groups is 1. The van der Waals surface area contributed by atoms with Crippen molar-refractivity contribution in [2.75, 3.05) is 5.32 Å². The molecular formula is C26H18BrClN2O3. The van der Waals surface area contributed by atoms with Crippen LogP contribution in [0, 0.1) is 0 Å². The van der Waals surface area contributed by atoms with E-state index < -0.39 is 5.91 Å². The van der Waals surface area contributed by atoms with Crippen molar-refractivity contribution < 1.29 is 13.6 Å². The first kappa shape index (κ1) is 21.5. The van der Waals surface area contributed by atoms with Crippen LogP contribution in [-0.2, 0) is 6.42 Å². The number of aromatic nitrogens is 1. The number of fused-ring (bicyclic) bond motifs is 1. The summed E-state index contributed by atoms with van der Waals surface area (Å²) >= 11 is 9.76. The fourth-order valence-corrected chi connectivity index (χ4v) is 3.91. The van der Waals surface area contributed by atoms with Crippen molar-refractivity contribution >= 4 is 50.2 Å². The number of carbonyl (C=O) groups excluding carboxylic acids is 1. The molecule has 5 rings (SSSR count). The Morgan fingerprint density at radius 3 is 2.55 bits per heavy atom. The summed E-state index contributed by atoms with van der Waals surface area (Å²) in [5.74, 6) is 0.845. The third-order valence-electron chi connectivity index (χ3n) is 5.28. The van der Waals surface area contributed by atoms with Crippen LogP contribution in [0.3, 0.4) is 0 Å². The number of nitrogens with zero attached hydrogens (tertiary/aromatic N) is 1. The van der Waals surface area contributed by atoms with Gasteiger partial charge in [0.25, 0.3) is 5.91 Å². The number of hydrogen-bond donors (Lipinski definition) is 1. The monoisotopic (exact) mass is 520 g/mol. The molecule has 0 radical (unpaired) electrons. The van der Waals surface area contributed by atoms with Gasteiger partial charge in [-0.3, -0.25) is 4.79 Å². The first-order valence-corrected chi connectivity index (χ1v) is 11.5. The van der Waals surface area contributed by atoms with Crippen molar-refractivity contribution in [3.8, 4) is 22.8 Å². The molecule has 0 aliphatic heterocycles. The Morgan fingerprint density at radius 2 is 1.76 bits per heavy atom. The van der Waals surface area contributed by atoms with Crippen molar-refractivity contribution in [2.45, 2.75) is 13.3 Å². The Hall–Kier alpha value is -3.35. The highest BCUT2D eigenvalue weighted by molar-refractivity contribution is 9.10. The van der Waals surface area contributed by atoms with Crippen LogP contribution < -0.4 is 5.32 Å². The van der Waals surface area contributed by atoms with Gasteiger partial charge in [-0.2, -0.15) is 0 Å². The second-order valence-electron chi connectivity index (χ2n) is 7.49. The molecule has 0 aliphatic rings. The van der Waals surface area contributed by atoms with Gasteiger partial charge in [-0.1, -0.05) is 52.7 Å². The number of amides is 1. The number of hydrogen-bond acceptors (Lipinski definition) is 4. The first-order chi connectivity index (χ1) is 16.0. The van der Waals surface area contributed by atoms with Gasteiger partial charge in [-0.25, -0.2) is 4.98 Å². The smallest absolute Gasteiger partial charge is 0.291 e. The van der Waals surface area contributed by atoms with Gasteiger partial charge >= 0.3 is 0 Å². The van der Waals surface area contributed by atoms with Crippen LogP contribution in [0.5, 0.6) is 0 Å². The second-order valence-corrected chi connectivity index (χ2v) is 8.82. The number of furan rings is 1.